The molecule has 0 atom stereocenters. The van der Waals surface area contributed by atoms with Gasteiger partial charge in [-0.05, 0) is 30.5 Å². The van der Waals surface area contributed by atoms with Gasteiger partial charge in [0.1, 0.15) is 12.4 Å². The van der Waals surface area contributed by atoms with E-state index in [9.17, 15) is 10.0 Å². The fourth-order valence-electron chi connectivity index (χ4n) is 4.11. The summed E-state index contributed by atoms with van der Waals surface area (Å²) in [6, 6.07) is 9.13. The van der Waals surface area contributed by atoms with Crippen LogP contribution in [0.15, 0.2) is 36.5 Å². The van der Waals surface area contributed by atoms with Gasteiger partial charge in [0.15, 0.2) is 5.75 Å². The molecule has 0 spiro atoms. The maximum atomic E-state index is 13.2. The molecule has 30 heavy (non-hydrogen) atoms. The third kappa shape index (κ3) is 4.16. The number of benzene rings is 1. The molecule has 5 rings (SSSR count). The zero-order valence-electron chi connectivity index (χ0n) is 17.4. The second-order valence-corrected chi connectivity index (χ2v) is 7.63. The van der Waals surface area contributed by atoms with Crippen LogP contribution < -0.4 is 18.9 Å². The van der Waals surface area contributed by atoms with Crippen molar-refractivity contribution in [3.05, 3.63) is 53.0 Å². The number of methoxy groups -OCH3 is 1. The minimum Gasteiger partial charge on any atom is -0.618 e. The van der Waals surface area contributed by atoms with Crippen LogP contribution >= 0.6 is 0 Å². The fourth-order valence-corrected chi connectivity index (χ4v) is 4.11. The normalized spacial score (nSPS) is 20.5. The van der Waals surface area contributed by atoms with Gasteiger partial charge >= 0.3 is 14.0 Å². The molecule has 3 aliphatic heterocycles. The monoisotopic (exact) mass is 411 g/mol. The van der Waals surface area contributed by atoms with E-state index in [1.54, 1.807) is 7.11 Å². The van der Waals surface area contributed by atoms with E-state index < -0.39 is 0 Å². The minimum absolute atomic E-state index is 0.0593. The molecule has 0 aliphatic carbocycles. The molecule has 3 aliphatic rings. The first-order valence-electron chi connectivity index (χ1n) is 10.2. The Morgan fingerprint density at radius 3 is 2.57 bits per heavy atom. The van der Waals surface area contributed by atoms with Gasteiger partial charge in [0.2, 0.25) is 11.9 Å². The maximum absolute atomic E-state index is 13.2. The zero-order valence-corrected chi connectivity index (χ0v) is 17.4. The first-order chi connectivity index (χ1) is 14.6. The molecule has 9 heteroatoms. The van der Waals surface area contributed by atoms with Crippen molar-refractivity contribution in [1.29, 1.82) is 0 Å². The largest absolute Gasteiger partial charge is 0.618 e. The van der Waals surface area contributed by atoms with Crippen molar-refractivity contribution in [3.63, 3.8) is 0 Å². The van der Waals surface area contributed by atoms with Crippen LogP contribution in [0.1, 0.15) is 28.9 Å². The van der Waals surface area contributed by atoms with Crippen molar-refractivity contribution >= 4 is 14.0 Å². The van der Waals surface area contributed by atoms with Crippen molar-refractivity contribution in [2.45, 2.75) is 25.5 Å². The highest BCUT2D eigenvalue weighted by Gasteiger charge is 2.35. The summed E-state index contributed by atoms with van der Waals surface area (Å²) >= 11 is 0. The molecule has 0 unspecified atom stereocenters. The summed E-state index contributed by atoms with van der Waals surface area (Å²) in [5.74, 6) is 1.17. The molecule has 0 N–H and O–H groups in total. The molecule has 0 saturated carbocycles. The summed E-state index contributed by atoms with van der Waals surface area (Å²) < 4.78 is 17.0. The molecule has 2 bridgehead atoms. The number of ether oxygens (including phenoxy) is 2. The first kappa shape index (κ1) is 20.3. The van der Waals surface area contributed by atoms with Crippen molar-refractivity contribution in [1.82, 2.24) is 9.80 Å². The SMILES string of the molecule is BOc1cc(C(=O)N2CCN3CCC2CC3)[n+]([O-])cc1OCc1ccc(OC)cc1. The Kier molecular flexibility index (Phi) is 5.99. The Morgan fingerprint density at radius 2 is 1.90 bits per heavy atom. The number of carbonyl (C=O) groups is 1. The average Bonchev–Trinajstić information content (AvgIpc) is 3.11. The molecular formula is C21H26BN3O5. The Labute approximate surface area is 177 Å². The number of carbonyl (C=O) groups excluding carboxylic acids is 1. The van der Waals surface area contributed by atoms with Crippen LogP contribution in [-0.4, -0.2) is 63.1 Å². The van der Waals surface area contributed by atoms with Crippen LogP contribution in [0.2, 0.25) is 0 Å². The van der Waals surface area contributed by atoms with Crippen molar-refractivity contribution in [3.8, 4) is 17.2 Å². The summed E-state index contributed by atoms with van der Waals surface area (Å²) in [7, 11) is 3.11. The highest BCUT2D eigenvalue weighted by atomic mass is 16.5. The zero-order chi connectivity index (χ0) is 21.1. The van der Waals surface area contributed by atoms with E-state index in [4.69, 9.17) is 14.1 Å². The first-order valence-corrected chi connectivity index (χ1v) is 10.2. The Morgan fingerprint density at radius 1 is 1.17 bits per heavy atom. The van der Waals surface area contributed by atoms with Crippen molar-refractivity contribution < 1.29 is 23.7 Å². The molecule has 2 aromatic rings. The van der Waals surface area contributed by atoms with Gasteiger partial charge in [-0.1, -0.05) is 12.1 Å². The van der Waals surface area contributed by atoms with Crippen LogP contribution in [0.5, 0.6) is 17.2 Å². The third-order valence-electron chi connectivity index (χ3n) is 5.89. The molecule has 0 radical (unpaired) electrons. The number of amides is 1. The van der Waals surface area contributed by atoms with Crippen molar-refractivity contribution in [2.24, 2.45) is 0 Å². The number of fused-ring (bicyclic) bond motifs is 4. The second kappa shape index (κ2) is 8.83. The number of nitrogens with zero attached hydrogens (tertiary/aromatic N) is 3. The van der Waals surface area contributed by atoms with E-state index in [1.165, 1.54) is 20.3 Å². The number of aromatic nitrogens is 1. The van der Waals surface area contributed by atoms with E-state index in [0.29, 0.717) is 22.8 Å². The molecule has 1 aromatic heterocycles. The minimum atomic E-state index is -0.251. The summed E-state index contributed by atoms with van der Waals surface area (Å²) in [4.78, 5) is 17.4. The number of hydrogen-bond donors (Lipinski definition) is 0. The smallest absolute Gasteiger partial charge is 0.322 e. The number of pyridine rings is 1. The van der Waals surface area contributed by atoms with Gasteiger partial charge in [-0.2, -0.15) is 4.73 Å². The molecule has 4 heterocycles. The van der Waals surface area contributed by atoms with Gasteiger partial charge in [-0.15, -0.1) is 0 Å². The summed E-state index contributed by atoms with van der Waals surface area (Å²) in [5, 5.41) is 12.7. The van der Waals surface area contributed by atoms with Crippen LogP contribution in [0.25, 0.3) is 0 Å². The lowest BCUT2D eigenvalue weighted by Crippen LogP contribution is -2.46. The van der Waals surface area contributed by atoms with Gasteiger partial charge in [0.05, 0.1) is 13.2 Å². The molecule has 1 aromatic carbocycles. The van der Waals surface area contributed by atoms with Gasteiger partial charge in [0, 0.05) is 32.2 Å². The van der Waals surface area contributed by atoms with Crippen LogP contribution in [0.3, 0.4) is 0 Å². The fraction of sp³-hybridized carbons (Fsp3) is 0.429. The van der Waals surface area contributed by atoms with E-state index in [2.05, 4.69) is 4.90 Å². The highest BCUT2D eigenvalue weighted by molar-refractivity contribution is 6.00. The molecule has 8 nitrogen and oxygen atoms in total. The lowest BCUT2D eigenvalue weighted by atomic mass is 10.0. The third-order valence-corrected chi connectivity index (χ3v) is 5.89. The van der Waals surface area contributed by atoms with Crippen LogP contribution in [-0.2, 0) is 6.61 Å². The van der Waals surface area contributed by atoms with Crippen LogP contribution in [0, 0.1) is 5.21 Å². The highest BCUT2D eigenvalue weighted by Crippen LogP contribution is 2.28. The lowest BCUT2D eigenvalue weighted by molar-refractivity contribution is -0.608. The quantitative estimate of drug-likeness (QED) is 0.397. The average molecular weight is 411 g/mol. The predicted octanol–water partition coefficient (Wildman–Crippen LogP) is 0.755. The maximum Gasteiger partial charge on any atom is 0.322 e. The van der Waals surface area contributed by atoms with Gasteiger partial charge in [-0.3, -0.25) is 4.79 Å². The van der Waals surface area contributed by atoms with Crippen molar-refractivity contribution in [2.75, 3.05) is 33.3 Å². The predicted molar refractivity (Wildman–Crippen MR) is 112 cm³/mol. The number of hydrogen-bond acceptors (Lipinski definition) is 6. The van der Waals surface area contributed by atoms with Gasteiger partial charge in [0.25, 0.3) is 5.69 Å². The summed E-state index contributed by atoms with van der Waals surface area (Å²) in [5.41, 5.74) is 0.981. The molecule has 3 fully saturated rings. The molecule has 158 valence electrons. The van der Waals surface area contributed by atoms with E-state index in [-0.39, 0.29) is 24.2 Å². The van der Waals surface area contributed by atoms with E-state index in [0.717, 1.165) is 43.8 Å². The molecule has 1 amide bonds. The molecule has 3 saturated heterocycles. The van der Waals surface area contributed by atoms with Gasteiger partial charge < -0.3 is 29.1 Å². The number of piperidine rings is 1. The Balaban J connectivity index is 1.51. The Bertz CT molecular complexity index is 900. The molecular weight excluding hydrogens is 385 g/mol. The van der Waals surface area contributed by atoms with E-state index >= 15 is 0 Å². The second-order valence-electron chi connectivity index (χ2n) is 7.63. The Hall–Kier alpha value is -2.94. The number of rotatable bonds is 6. The summed E-state index contributed by atoms with van der Waals surface area (Å²) in [6.45, 7) is 3.76. The van der Waals surface area contributed by atoms with Crippen LogP contribution in [0.4, 0.5) is 0 Å². The van der Waals surface area contributed by atoms with E-state index in [1.807, 2.05) is 29.2 Å². The summed E-state index contributed by atoms with van der Waals surface area (Å²) in [6.07, 6.45) is 3.17. The van der Waals surface area contributed by atoms with Gasteiger partial charge in [-0.25, -0.2) is 0 Å². The standard InChI is InChI=1S/C21H26BN3O5/c1-28-17-4-2-15(3-5-17)14-29-20-13-25(27)18(12-19(20)30-22)21(26)24-11-10-23-8-6-16(24)7-9-23/h2-5,12-13,16H,6-11,14,22H2,1H3. The topological polar surface area (TPSA) is 78.2 Å². The lowest BCUT2D eigenvalue weighted by Gasteiger charge is -2.30.